The van der Waals surface area contributed by atoms with Crippen molar-refractivity contribution in [2.45, 2.75) is 6.61 Å². The zero-order chi connectivity index (χ0) is 18.8. The fourth-order valence-electron chi connectivity index (χ4n) is 2.83. The van der Waals surface area contributed by atoms with E-state index in [1.807, 2.05) is 55.8 Å². The van der Waals surface area contributed by atoms with Gasteiger partial charge in [-0.3, -0.25) is 9.67 Å². The van der Waals surface area contributed by atoms with E-state index in [0.717, 1.165) is 39.4 Å². The first-order chi connectivity index (χ1) is 13.1. The predicted octanol–water partition coefficient (Wildman–Crippen LogP) is 4.27. The van der Waals surface area contributed by atoms with Gasteiger partial charge in [0.1, 0.15) is 29.0 Å². The Morgan fingerprint density at radius 2 is 1.81 bits per heavy atom. The predicted molar refractivity (Wildman–Crippen MR) is 104 cm³/mol. The maximum absolute atomic E-state index is 6.01. The molecule has 0 N–H and O–H groups in total. The first kappa shape index (κ1) is 17.3. The van der Waals surface area contributed by atoms with E-state index in [4.69, 9.17) is 21.1 Å². The van der Waals surface area contributed by atoms with Crippen molar-refractivity contribution < 1.29 is 9.47 Å². The quantitative estimate of drug-likeness (QED) is 0.484. The molecule has 0 atom stereocenters. The van der Waals surface area contributed by atoms with E-state index in [2.05, 4.69) is 15.1 Å². The number of aryl methyl sites for hydroxylation is 1. The minimum atomic E-state index is 0.337. The van der Waals surface area contributed by atoms with Gasteiger partial charge in [0.15, 0.2) is 0 Å². The van der Waals surface area contributed by atoms with E-state index in [9.17, 15) is 0 Å². The van der Waals surface area contributed by atoms with Crippen LogP contribution in [0.1, 0.15) is 5.69 Å². The zero-order valence-electron chi connectivity index (χ0n) is 14.9. The Bertz CT molecular complexity index is 1090. The molecule has 3 heterocycles. The highest BCUT2D eigenvalue weighted by Crippen LogP contribution is 2.27. The van der Waals surface area contributed by atoms with Crippen molar-refractivity contribution >= 4 is 22.6 Å². The molecule has 0 saturated heterocycles. The Hall–Kier alpha value is -3.12. The molecule has 1 aromatic carbocycles. The smallest absolute Gasteiger partial charge is 0.133 e. The highest BCUT2D eigenvalue weighted by Gasteiger charge is 2.12. The van der Waals surface area contributed by atoms with E-state index in [-0.39, 0.29) is 0 Å². The van der Waals surface area contributed by atoms with Crippen LogP contribution in [0.3, 0.4) is 0 Å². The monoisotopic (exact) mass is 380 g/mol. The molecule has 0 fully saturated rings. The summed E-state index contributed by atoms with van der Waals surface area (Å²) in [4.78, 5) is 8.81. The van der Waals surface area contributed by atoms with Crippen molar-refractivity contribution in [3.63, 3.8) is 0 Å². The third-order valence-corrected chi connectivity index (χ3v) is 4.37. The Balaban J connectivity index is 1.62. The van der Waals surface area contributed by atoms with Gasteiger partial charge in [-0.05, 0) is 42.5 Å². The van der Waals surface area contributed by atoms with Gasteiger partial charge in [-0.1, -0.05) is 11.6 Å². The minimum absolute atomic E-state index is 0.337. The van der Waals surface area contributed by atoms with Crippen molar-refractivity contribution in [3.8, 4) is 22.6 Å². The van der Waals surface area contributed by atoms with Gasteiger partial charge in [0.25, 0.3) is 0 Å². The van der Waals surface area contributed by atoms with Gasteiger partial charge in [-0.15, -0.1) is 0 Å². The summed E-state index contributed by atoms with van der Waals surface area (Å²) in [5.41, 5.74) is 4.21. The lowest BCUT2D eigenvalue weighted by atomic mass is 10.1. The molecule has 0 unspecified atom stereocenters. The average molecular weight is 381 g/mol. The number of ether oxygens (including phenoxy) is 2. The fourth-order valence-corrected chi connectivity index (χ4v) is 2.99. The van der Waals surface area contributed by atoms with E-state index in [1.165, 1.54) is 0 Å². The van der Waals surface area contributed by atoms with E-state index >= 15 is 0 Å². The van der Waals surface area contributed by atoms with Gasteiger partial charge in [-0.25, -0.2) is 4.98 Å². The van der Waals surface area contributed by atoms with Crippen LogP contribution < -0.4 is 9.47 Å². The van der Waals surface area contributed by atoms with Gasteiger partial charge in [0, 0.05) is 30.6 Å². The molecular formula is C20H17ClN4O2. The molecule has 0 radical (unpaired) electrons. The van der Waals surface area contributed by atoms with Crippen LogP contribution in [0, 0.1) is 0 Å². The van der Waals surface area contributed by atoms with Crippen LogP contribution in [0.15, 0.2) is 54.9 Å². The van der Waals surface area contributed by atoms with Gasteiger partial charge in [0.2, 0.25) is 0 Å². The summed E-state index contributed by atoms with van der Waals surface area (Å²) in [5, 5.41) is 4.97. The molecule has 6 nitrogen and oxygen atoms in total. The van der Waals surface area contributed by atoms with Gasteiger partial charge < -0.3 is 9.47 Å². The van der Waals surface area contributed by atoms with Crippen molar-refractivity contribution in [1.82, 2.24) is 19.7 Å². The summed E-state index contributed by atoms with van der Waals surface area (Å²) in [6.07, 6.45) is 3.76. The highest BCUT2D eigenvalue weighted by atomic mass is 35.5. The number of halogens is 1. The summed E-state index contributed by atoms with van der Waals surface area (Å²) >= 11 is 6.01. The highest BCUT2D eigenvalue weighted by molar-refractivity contribution is 6.29. The van der Waals surface area contributed by atoms with E-state index < -0.39 is 0 Å². The molecule has 0 aliphatic rings. The molecule has 0 amide bonds. The number of hydrogen-bond donors (Lipinski definition) is 0. The number of benzene rings is 1. The molecule has 0 aliphatic heterocycles. The second kappa shape index (κ2) is 7.25. The number of fused-ring (bicyclic) bond motifs is 1. The molecule has 4 aromatic rings. The molecule has 136 valence electrons. The summed E-state index contributed by atoms with van der Waals surface area (Å²) < 4.78 is 12.8. The minimum Gasteiger partial charge on any atom is -0.497 e. The molecule has 4 rings (SSSR count). The van der Waals surface area contributed by atoms with E-state index in [1.54, 1.807) is 17.9 Å². The van der Waals surface area contributed by atoms with Gasteiger partial charge in [-0.2, -0.15) is 5.10 Å². The maximum Gasteiger partial charge on any atom is 0.133 e. The van der Waals surface area contributed by atoms with Crippen LogP contribution in [-0.4, -0.2) is 26.9 Å². The average Bonchev–Trinajstić information content (AvgIpc) is 3.06. The number of aromatic nitrogens is 4. The van der Waals surface area contributed by atoms with Crippen LogP contribution in [0.2, 0.25) is 5.15 Å². The van der Waals surface area contributed by atoms with Crippen molar-refractivity contribution in [2.75, 3.05) is 7.11 Å². The molecule has 0 aliphatic carbocycles. The van der Waals surface area contributed by atoms with Crippen LogP contribution >= 0.6 is 11.6 Å². The number of nitrogens with zero attached hydrogens (tertiary/aromatic N) is 4. The number of methoxy groups -OCH3 is 1. The normalized spacial score (nSPS) is 10.9. The topological polar surface area (TPSA) is 62.1 Å². The van der Waals surface area contributed by atoms with Gasteiger partial charge >= 0.3 is 0 Å². The Kier molecular flexibility index (Phi) is 4.64. The Labute approximate surface area is 161 Å². The molecule has 3 aromatic heterocycles. The third kappa shape index (κ3) is 3.71. The molecule has 27 heavy (non-hydrogen) atoms. The molecule has 0 spiro atoms. The summed E-state index contributed by atoms with van der Waals surface area (Å²) in [6.45, 7) is 0.337. The fraction of sp³-hybridized carbons (Fsp3) is 0.150. The van der Waals surface area contributed by atoms with E-state index in [0.29, 0.717) is 11.8 Å². The van der Waals surface area contributed by atoms with Crippen LogP contribution in [0.5, 0.6) is 11.5 Å². The standard InChI is InChI=1S/C20H17ClN4O2/c1-25-11-16(13-9-18-17(22-10-13)7-8-20(21)23-18)19(24-25)12-27-15-5-3-14(26-2)4-6-15/h3-11H,12H2,1-2H3. The Morgan fingerprint density at radius 1 is 1.04 bits per heavy atom. The van der Waals surface area contributed by atoms with Crippen molar-refractivity contribution in [1.29, 1.82) is 0 Å². The largest absolute Gasteiger partial charge is 0.497 e. The first-order valence-electron chi connectivity index (χ1n) is 8.34. The van der Waals surface area contributed by atoms with Crippen molar-refractivity contribution in [3.05, 3.63) is 65.7 Å². The number of pyridine rings is 2. The second-order valence-electron chi connectivity index (χ2n) is 6.02. The maximum atomic E-state index is 6.01. The first-order valence-corrected chi connectivity index (χ1v) is 8.72. The third-order valence-electron chi connectivity index (χ3n) is 4.15. The molecular weight excluding hydrogens is 364 g/mol. The van der Waals surface area contributed by atoms with Gasteiger partial charge in [0.05, 0.1) is 18.1 Å². The van der Waals surface area contributed by atoms with Crippen LogP contribution in [0.4, 0.5) is 0 Å². The van der Waals surface area contributed by atoms with Crippen LogP contribution in [0.25, 0.3) is 22.2 Å². The zero-order valence-corrected chi connectivity index (χ0v) is 15.6. The summed E-state index contributed by atoms with van der Waals surface area (Å²) in [7, 11) is 3.51. The van der Waals surface area contributed by atoms with Crippen LogP contribution in [-0.2, 0) is 13.7 Å². The molecule has 7 heteroatoms. The van der Waals surface area contributed by atoms with Crippen molar-refractivity contribution in [2.24, 2.45) is 7.05 Å². The lowest BCUT2D eigenvalue weighted by Crippen LogP contribution is -1.99. The second-order valence-corrected chi connectivity index (χ2v) is 6.41. The summed E-state index contributed by atoms with van der Waals surface area (Å²) in [5.74, 6) is 1.53. The lowest BCUT2D eigenvalue weighted by molar-refractivity contribution is 0.300. The Morgan fingerprint density at radius 3 is 2.59 bits per heavy atom. The molecule has 0 saturated carbocycles. The number of hydrogen-bond acceptors (Lipinski definition) is 5. The number of rotatable bonds is 5. The SMILES string of the molecule is COc1ccc(OCc2nn(C)cc2-c2cnc3ccc(Cl)nc3c2)cc1. The molecule has 0 bridgehead atoms. The summed E-state index contributed by atoms with van der Waals surface area (Å²) in [6, 6.07) is 13.0. The lowest BCUT2D eigenvalue weighted by Gasteiger charge is -2.07.